The van der Waals surface area contributed by atoms with Crippen molar-refractivity contribution in [2.24, 2.45) is 0 Å². The third-order valence-corrected chi connectivity index (χ3v) is 8.57. The standard InChI is InChI=1S/C25H25F3N5O8PS/c1-36-13-3-7-15(8-4-13)40-42(43,41-16-9-5-14(37-2)6-10-16)38-11-25(23(27)28)19(26)18(34)22(39-25)33-12-30-17-20(33)31-24(29)32-21(17)35/h3-10,12,18-19,22-23,34H,11H2,1-2H3,(H3,29,31,32,35)/t18-,19-,22-,25-/m1/s1. The number of alkyl halides is 3. The molecule has 1 aliphatic rings. The first-order valence-electron chi connectivity index (χ1n) is 12.4. The summed E-state index contributed by atoms with van der Waals surface area (Å²) < 4.78 is 79.0. The molecule has 4 atom stereocenters. The zero-order valence-electron chi connectivity index (χ0n) is 22.4. The van der Waals surface area contributed by atoms with Crippen LogP contribution in [0.1, 0.15) is 6.23 Å². The number of methoxy groups -OCH3 is 2. The molecule has 4 N–H and O–H groups in total. The highest BCUT2D eigenvalue weighted by Gasteiger charge is 2.63. The summed E-state index contributed by atoms with van der Waals surface area (Å²) in [5.41, 5.74) is 1.35. The van der Waals surface area contributed by atoms with Gasteiger partial charge < -0.3 is 34.1 Å². The summed E-state index contributed by atoms with van der Waals surface area (Å²) in [5.74, 6) is 0.964. The number of rotatable bonds is 11. The largest absolute Gasteiger partial charge is 0.497 e. The molecule has 230 valence electrons. The first-order chi connectivity index (χ1) is 20.5. The number of ether oxygens (including phenoxy) is 3. The molecule has 0 amide bonds. The molecule has 0 spiro atoms. The van der Waals surface area contributed by atoms with Crippen LogP contribution in [0.15, 0.2) is 59.7 Å². The quantitative estimate of drug-likeness (QED) is 0.205. The van der Waals surface area contributed by atoms with Crippen LogP contribution in [0.3, 0.4) is 0 Å². The molecular weight excluding hydrogens is 618 g/mol. The summed E-state index contributed by atoms with van der Waals surface area (Å²) in [6.45, 7) is -5.23. The van der Waals surface area contributed by atoms with Gasteiger partial charge in [0.15, 0.2) is 29.2 Å². The average molecular weight is 644 g/mol. The molecule has 2 aromatic carbocycles. The number of H-pyrrole nitrogens is 1. The lowest BCUT2D eigenvalue weighted by Gasteiger charge is -2.32. The third kappa shape index (κ3) is 5.99. The van der Waals surface area contributed by atoms with Gasteiger partial charge in [-0.05, 0) is 48.5 Å². The van der Waals surface area contributed by atoms with E-state index in [0.717, 1.165) is 10.9 Å². The molecule has 0 aliphatic carbocycles. The van der Waals surface area contributed by atoms with Crippen LogP contribution >= 0.6 is 6.72 Å². The molecule has 0 saturated carbocycles. The maximum atomic E-state index is 15.7. The van der Waals surface area contributed by atoms with Crippen LogP contribution in [0, 0.1) is 0 Å². The number of halogens is 3. The van der Waals surface area contributed by atoms with Gasteiger partial charge in [-0.1, -0.05) is 0 Å². The first-order valence-corrected chi connectivity index (χ1v) is 15.0. The lowest BCUT2D eigenvalue weighted by molar-refractivity contribution is -0.182. The Bertz CT molecular complexity index is 1640. The number of aromatic nitrogens is 4. The zero-order valence-corrected chi connectivity index (χ0v) is 24.1. The fourth-order valence-corrected chi connectivity index (χ4v) is 6.21. The second-order valence-electron chi connectivity index (χ2n) is 9.19. The van der Waals surface area contributed by atoms with E-state index in [9.17, 15) is 18.7 Å². The Balaban J connectivity index is 1.46. The normalized spacial score (nSPS) is 22.2. The predicted octanol–water partition coefficient (Wildman–Crippen LogP) is 3.35. The number of nitrogens with one attached hydrogen (secondary N) is 1. The summed E-state index contributed by atoms with van der Waals surface area (Å²) in [7, 11) is 2.93. The van der Waals surface area contributed by atoms with Crippen LogP contribution in [0.25, 0.3) is 11.2 Å². The Labute approximate surface area is 246 Å². The summed E-state index contributed by atoms with van der Waals surface area (Å²) in [4.78, 5) is 22.2. The van der Waals surface area contributed by atoms with Crippen molar-refractivity contribution in [1.29, 1.82) is 0 Å². The minimum absolute atomic E-state index is 0.143. The number of anilines is 1. The van der Waals surface area contributed by atoms with E-state index < -0.39 is 49.4 Å². The lowest BCUT2D eigenvalue weighted by Crippen LogP contribution is -2.50. The molecule has 1 saturated heterocycles. The van der Waals surface area contributed by atoms with E-state index in [1.54, 1.807) is 24.3 Å². The molecule has 0 radical (unpaired) electrons. The van der Waals surface area contributed by atoms with Crippen LogP contribution in [-0.2, 0) is 21.1 Å². The second kappa shape index (κ2) is 12.0. The number of aliphatic hydroxyl groups excluding tert-OH is 1. The molecule has 18 heteroatoms. The van der Waals surface area contributed by atoms with Crippen molar-refractivity contribution < 1.29 is 46.1 Å². The van der Waals surface area contributed by atoms with Crippen LogP contribution < -0.4 is 29.8 Å². The maximum absolute atomic E-state index is 15.7. The van der Waals surface area contributed by atoms with Gasteiger partial charge in [0.05, 0.1) is 27.2 Å². The fourth-order valence-electron chi connectivity index (χ4n) is 4.27. The number of aliphatic hydroxyl groups is 1. The van der Waals surface area contributed by atoms with Crippen LogP contribution in [0.5, 0.6) is 23.0 Å². The van der Waals surface area contributed by atoms with E-state index in [-0.39, 0.29) is 28.6 Å². The van der Waals surface area contributed by atoms with Gasteiger partial charge in [-0.3, -0.25) is 18.9 Å². The van der Waals surface area contributed by atoms with E-state index in [2.05, 4.69) is 15.0 Å². The summed E-state index contributed by atoms with van der Waals surface area (Å²) in [6, 6.07) is 12.2. The zero-order chi connectivity index (χ0) is 30.9. The molecule has 5 rings (SSSR count). The second-order valence-corrected chi connectivity index (χ2v) is 12.0. The van der Waals surface area contributed by atoms with Crippen molar-refractivity contribution in [3.05, 3.63) is 65.2 Å². The van der Waals surface area contributed by atoms with Gasteiger partial charge in [-0.15, -0.1) is 0 Å². The summed E-state index contributed by atoms with van der Waals surface area (Å²) in [5, 5.41) is 10.7. The number of nitrogen functional groups attached to an aromatic ring is 1. The lowest BCUT2D eigenvalue weighted by atomic mass is 9.98. The van der Waals surface area contributed by atoms with Crippen molar-refractivity contribution in [3.63, 3.8) is 0 Å². The molecule has 0 bridgehead atoms. The molecule has 4 aromatic rings. The van der Waals surface area contributed by atoms with Crippen LogP contribution in [0.4, 0.5) is 19.1 Å². The SMILES string of the molecule is COc1ccc(OP(=S)(OC[C@@]2(C(F)F)O[C@@H](n3cnc4c(=O)[nH]c(N)nc43)[C@H](O)[C@H]2F)Oc2ccc(OC)cc2)cc1. The monoisotopic (exact) mass is 643 g/mol. The Hall–Kier alpha value is -3.89. The van der Waals surface area contributed by atoms with Crippen molar-refractivity contribution in [1.82, 2.24) is 19.5 Å². The van der Waals surface area contributed by atoms with Gasteiger partial charge in [0, 0.05) is 11.8 Å². The summed E-state index contributed by atoms with van der Waals surface area (Å²) in [6.07, 6.45) is -9.22. The molecule has 0 unspecified atom stereocenters. The van der Waals surface area contributed by atoms with Crippen molar-refractivity contribution in [3.8, 4) is 23.0 Å². The molecular formula is C25H25F3N5O8PS. The smallest absolute Gasteiger partial charge is 0.435 e. The van der Waals surface area contributed by atoms with Gasteiger partial charge >= 0.3 is 6.72 Å². The highest BCUT2D eigenvalue weighted by molar-refractivity contribution is 8.07. The van der Waals surface area contributed by atoms with Crippen LogP contribution in [-0.4, -0.2) is 69.8 Å². The minimum Gasteiger partial charge on any atom is -0.497 e. The van der Waals surface area contributed by atoms with E-state index in [1.165, 1.54) is 38.5 Å². The molecule has 43 heavy (non-hydrogen) atoms. The number of benzene rings is 2. The topological polar surface area (TPSA) is 165 Å². The van der Waals surface area contributed by atoms with Crippen molar-refractivity contribution in [2.75, 3.05) is 26.6 Å². The van der Waals surface area contributed by atoms with Gasteiger partial charge in [0.2, 0.25) is 5.95 Å². The molecule has 3 heterocycles. The highest BCUT2D eigenvalue weighted by Crippen LogP contribution is 2.53. The summed E-state index contributed by atoms with van der Waals surface area (Å²) >= 11 is 5.55. The van der Waals surface area contributed by atoms with E-state index in [4.69, 9.17) is 45.3 Å². The van der Waals surface area contributed by atoms with Gasteiger partial charge in [-0.2, -0.15) is 4.98 Å². The molecule has 1 fully saturated rings. The molecule has 1 aliphatic heterocycles. The van der Waals surface area contributed by atoms with Gasteiger partial charge in [-0.25, -0.2) is 18.2 Å². The third-order valence-electron chi connectivity index (χ3n) is 6.49. The number of fused-ring (bicyclic) bond motifs is 1. The average Bonchev–Trinajstić information content (AvgIpc) is 3.52. The van der Waals surface area contributed by atoms with Gasteiger partial charge in [0.25, 0.3) is 12.0 Å². The van der Waals surface area contributed by atoms with E-state index in [0.29, 0.717) is 11.5 Å². The first kappa shape index (κ1) is 30.6. The van der Waals surface area contributed by atoms with Gasteiger partial charge in [0.1, 0.15) is 29.1 Å². The number of nitrogens with zero attached hydrogens (tertiary/aromatic N) is 3. The number of hydrogen-bond acceptors (Lipinski definition) is 12. The number of imidazole rings is 1. The number of nitrogens with two attached hydrogens (primary N) is 1. The minimum atomic E-state index is -4.03. The van der Waals surface area contributed by atoms with Crippen LogP contribution in [0.2, 0.25) is 0 Å². The Morgan fingerprint density at radius 3 is 2.14 bits per heavy atom. The Morgan fingerprint density at radius 2 is 1.63 bits per heavy atom. The molecule has 2 aromatic heterocycles. The van der Waals surface area contributed by atoms with Crippen molar-refractivity contribution in [2.45, 2.75) is 30.5 Å². The fraction of sp³-hybridized carbons (Fsp3) is 0.320. The maximum Gasteiger partial charge on any atom is 0.435 e. The molecule has 13 nitrogen and oxygen atoms in total. The Morgan fingerprint density at radius 1 is 1.09 bits per heavy atom. The predicted molar refractivity (Wildman–Crippen MR) is 150 cm³/mol. The van der Waals surface area contributed by atoms with Crippen molar-refractivity contribution >= 4 is 35.6 Å². The number of aromatic amines is 1. The number of hydrogen-bond donors (Lipinski definition) is 3. The van der Waals surface area contributed by atoms with E-state index >= 15 is 4.39 Å². The Kier molecular flexibility index (Phi) is 8.54. The highest BCUT2D eigenvalue weighted by atomic mass is 32.5. The van der Waals surface area contributed by atoms with E-state index in [1.807, 2.05) is 0 Å².